The minimum atomic E-state index is -3.62. The summed E-state index contributed by atoms with van der Waals surface area (Å²) >= 11 is 14.7. The molecule has 3 aromatic rings. The number of sulfonamides is 3. The molecule has 0 spiro atoms. The number of aryl methyl sites for hydroxylation is 3. The number of nitrogens with zero attached hydrogens (tertiary/aromatic N) is 3. The Hall–Kier alpha value is 1.26. The zero-order valence-electron chi connectivity index (χ0n) is 22.1. The van der Waals surface area contributed by atoms with Gasteiger partial charge in [-0.1, -0.05) is 53.1 Å². The molecule has 0 saturated heterocycles. The molecule has 0 heterocycles. The van der Waals surface area contributed by atoms with E-state index in [1.54, 1.807) is 36.4 Å². The van der Waals surface area contributed by atoms with Crippen LogP contribution in [-0.4, -0.2) is 25.3 Å². The second-order valence-electron chi connectivity index (χ2n) is 7.07. The van der Waals surface area contributed by atoms with Crippen molar-refractivity contribution >= 4 is 65.4 Å². The molecule has 0 atom stereocenters. The summed E-state index contributed by atoms with van der Waals surface area (Å²) < 4.78 is 74.4. The molecular weight excluding hydrogens is 662 g/mol. The average Bonchev–Trinajstić information content (AvgIpc) is 2.85. The van der Waals surface area contributed by atoms with Crippen LogP contribution in [0.5, 0.6) is 0 Å². The normalized spacial score (nSPS) is 10.6. The number of hydrogen-bond donors (Lipinski definition) is 0. The molecule has 0 aromatic heterocycles. The molecule has 0 aliphatic rings. The van der Waals surface area contributed by atoms with Crippen molar-refractivity contribution in [2.24, 2.45) is 0 Å². The molecule has 0 amide bonds. The first-order chi connectivity index (χ1) is 16.7. The van der Waals surface area contributed by atoms with Gasteiger partial charge in [-0.15, -0.1) is 0 Å². The molecule has 3 aromatic carbocycles. The molecule has 18 heteroatoms. The Kier molecular flexibility index (Phi) is 24.1. The second kappa shape index (κ2) is 21.0. The molecule has 0 saturated carbocycles. The van der Waals surface area contributed by atoms with Gasteiger partial charge in [-0.2, -0.15) is 0 Å². The van der Waals surface area contributed by atoms with Crippen LogP contribution in [0.25, 0.3) is 12.7 Å². The van der Waals surface area contributed by atoms with Crippen LogP contribution in [-0.2, 0) is 30.1 Å². The van der Waals surface area contributed by atoms with Gasteiger partial charge in [-0.3, -0.25) is 35.3 Å². The van der Waals surface area contributed by atoms with Gasteiger partial charge in [0.15, 0.2) is 0 Å². The summed E-state index contributed by atoms with van der Waals surface area (Å²) in [4.78, 5) is 0.342. The van der Waals surface area contributed by atoms with Gasteiger partial charge in [0.1, 0.15) is 30.1 Å². The number of rotatable bonds is 6. The average molecular weight is 683 g/mol. The van der Waals surface area contributed by atoms with E-state index < -0.39 is 30.1 Å². The van der Waals surface area contributed by atoms with Crippen LogP contribution in [0, 0.1) is 20.8 Å². The summed E-state index contributed by atoms with van der Waals surface area (Å²) in [7, 11) is -10.9. The zero-order valence-corrected chi connectivity index (χ0v) is 32.8. The van der Waals surface area contributed by atoms with Gasteiger partial charge in [-0.05, 0) is 57.2 Å². The molecule has 0 bridgehead atoms. The molecule has 3 rings (SSSR count). The van der Waals surface area contributed by atoms with E-state index in [1.165, 1.54) is 36.4 Å². The zero-order chi connectivity index (χ0) is 27.6. The molecule has 0 aliphatic heterocycles. The number of benzene rings is 3. The monoisotopic (exact) mass is 681 g/mol. The van der Waals surface area contributed by atoms with E-state index >= 15 is 0 Å². The Morgan fingerprint density at radius 2 is 0.564 bits per heavy atom. The van der Waals surface area contributed by atoms with Crippen LogP contribution >= 0.6 is 35.3 Å². The van der Waals surface area contributed by atoms with Crippen molar-refractivity contribution in [1.29, 1.82) is 0 Å². The number of hydrogen-bond acceptors (Lipinski definition) is 6. The minimum Gasteiger partial charge on any atom is -0.458 e. The molecule has 0 fully saturated rings. The van der Waals surface area contributed by atoms with E-state index in [2.05, 4.69) is 12.7 Å². The summed E-state index contributed by atoms with van der Waals surface area (Å²) in [6.07, 6.45) is 0. The third-order valence-electron chi connectivity index (χ3n) is 4.23. The van der Waals surface area contributed by atoms with E-state index in [1.807, 2.05) is 20.8 Å². The standard InChI is InChI=1S/3C7H7ClNO2S.3Na/c3*1-6-2-4-7(5-3-6)12(10,11)9-8;;;/h3*2-5H,1H3;;;/q3*-1;3*+1. The summed E-state index contributed by atoms with van der Waals surface area (Å²) in [6.45, 7) is 5.61. The van der Waals surface area contributed by atoms with E-state index in [0.29, 0.717) is 0 Å². The van der Waals surface area contributed by atoms with Gasteiger partial charge < -0.3 is 12.7 Å². The molecule has 0 radical (unpaired) electrons. The van der Waals surface area contributed by atoms with Gasteiger partial charge in [0, 0.05) is 14.7 Å². The number of halogens is 3. The minimum absolute atomic E-state index is 0. The summed E-state index contributed by atoms with van der Waals surface area (Å²) in [5.41, 5.74) is 2.97. The summed E-state index contributed by atoms with van der Waals surface area (Å²) in [6, 6.07) is 18.9. The van der Waals surface area contributed by atoms with E-state index in [-0.39, 0.29) is 103 Å². The van der Waals surface area contributed by atoms with E-state index in [9.17, 15) is 25.3 Å². The maximum Gasteiger partial charge on any atom is 1.00 e. The Morgan fingerprint density at radius 3 is 0.692 bits per heavy atom. The molecule has 0 aliphatic carbocycles. The predicted octanol–water partition coefficient (Wildman–Crippen LogP) is -2.35. The van der Waals surface area contributed by atoms with Crippen molar-refractivity contribution in [3.63, 3.8) is 0 Å². The first-order valence-corrected chi connectivity index (χ1v) is 15.0. The Balaban J connectivity index is -0.000000480. The second-order valence-corrected chi connectivity index (χ2v) is 13.0. The molecule has 198 valence electrons. The Labute approximate surface area is 312 Å². The summed E-state index contributed by atoms with van der Waals surface area (Å²) in [5, 5.41) is 0. The van der Waals surface area contributed by atoms with Crippen LogP contribution in [0.15, 0.2) is 87.5 Å². The molecule has 0 N–H and O–H groups in total. The largest absolute Gasteiger partial charge is 1.00 e. The maximum absolute atomic E-state index is 11.0. The van der Waals surface area contributed by atoms with Crippen LogP contribution in [0.1, 0.15) is 16.7 Å². The quantitative estimate of drug-likeness (QED) is 0.266. The molecule has 0 unspecified atom stereocenters. The smallest absolute Gasteiger partial charge is 0.458 e. The van der Waals surface area contributed by atoms with Gasteiger partial charge >= 0.3 is 88.7 Å². The fourth-order valence-corrected chi connectivity index (χ4v) is 4.65. The molecule has 9 nitrogen and oxygen atoms in total. The molecular formula is C21H21Cl3N3Na3O6S3. The van der Waals surface area contributed by atoms with Crippen molar-refractivity contribution in [3.8, 4) is 0 Å². The van der Waals surface area contributed by atoms with Crippen molar-refractivity contribution in [2.45, 2.75) is 35.5 Å². The van der Waals surface area contributed by atoms with Crippen molar-refractivity contribution < 1.29 is 114 Å². The first kappa shape index (κ1) is 44.7. The third kappa shape index (κ3) is 16.1. The van der Waals surface area contributed by atoms with Crippen LogP contribution in [0.2, 0.25) is 0 Å². The fourth-order valence-electron chi connectivity index (χ4n) is 2.25. The maximum atomic E-state index is 11.0. The van der Waals surface area contributed by atoms with E-state index in [4.69, 9.17) is 35.3 Å². The SMILES string of the molecule is Cc1ccc(S(=O)(=O)[N-]Cl)cc1.Cc1ccc(S(=O)(=O)[N-]Cl)cc1.Cc1ccc(S(=O)(=O)[N-]Cl)cc1.[Na+].[Na+].[Na+]. The van der Waals surface area contributed by atoms with Crippen LogP contribution in [0.4, 0.5) is 0 Å². The first-order valence-electron chi connectivity index (χ1n) is 9.63. The third-order valence-corrected chi connectivity index (χ3v) is 9.01. The fraction of sp³-hybridized carbons (Fsp3) is 0.143. The van der Waals surface area contributed by atoms with E-state index in [0.717, 1.165) is 16.7 Å². The molecule has 39 heavy (non-hydrogen) atoms. The van der Waals surface area contributed by atoms with Crippen molar-refractivity contribution in [3.05, 3.63) is 102 Å². The van der Waals surface area contributed by atoms with Gasteiger partial charge in [0.25, 0.3) is 0 Å². The predicted molar refractivity (Wildman–Crippen MR) is 143 cm³/mol. The van der Waals surface area contributed by atoms with Crippen molar-refractivity contribution in [1.82, 2.24) is 0 Å². The Bertz CT molecular complexity index is 1270. The topological polar surface area (TPSA) is 145 Å². The Morgan fingerprint density at radius 1 is 0.410 bits per heavy atom. The van der Waals surface area contributed by atoms with Crippen molar-refractivity contribution in [2.75, 3.05) is 0 Å². The summed E-state index contributed by atoms with van der Waals surface area (Å²) in [5.74, 6) is 0. The van der Waals surface area contributed by atoms with Gasteiger partial charge in [0.05, 0.1) is 0 Å². The van der Waals surface area contributed by atoms with Gasteiger partial charge in [-0.25, -0.2) is 25.3 Å². The van der Waals surface area contributed by atoms with Crippen LogP contribution in [0.3, 0.4) is 0 Å². The van der Waals surface area contributed by atoms with Crippen LogP contribution < -0.4 is 88.7 Å². The van der Waals surface area contributed by atoms with Gasteiger partial charge in [0.2, 0.25) is 0 Å².